The Kier molecular flexibility index (Phi) is 6.67. The van der Waals surface area contributed by atoms with Crippen molar-refractivity contribution in [1.29, 1.82) is 0 Å². The van der Waals surface area contributed by atoms with Crippen LogP contribution in [0, 0.1) is 11.8 Å². The Hall–Kier alpha value is -2.41. The number of nitrogens with zero attached hydrogens (tertiary/aromatic N) is 1. The molecule has 1 aliphatic rings. The van der Waals surface area contributed by atoms with Gasteiger partial charge in [0, 0.05) is 17.0 Å². The Balaban J connectivity index is 1.52. The maximum Gasteiger partial charge on any atom is 0.358 e. The minimum atomic E-state index is -0.587. The van der Waals surface area contributed by atoms with Gasteiger partial charge in [-0.25, -0.2) is 9.78 Å². The molecule has 1 amide bonds. The summed E-state index contributed by atoms with van der Waals surface area (Å²) >= 11 is 1.35. The number of hydrogen-bond acceptors (Lipinski definition) is 6. The molecule has 1 aromatic carbocycles. The van der Waals surface area contributed by atoms with E-state index >= 15 is 0 Å². The van der Waals surface area contributed by atoms with Crippen molar-refractivity contribution in [3.63, 3.8) is 0 Å². The number of ether oxygens (including phenoxy) is 2. The number of amides is 1. The molecular formula is C21H26N2O4S. The van der Waals surface area contributed by atoms with E-state index in [1.54, 1.807) is 12.5 Å². The van der Waals surface area contributed by atoms with Crippen molar-refractivity contribution >= 4 is 23.2 Å². The van der Waals surface area contributed by atoms with E-state index in [9.17, 15) is 9.59 Å². The van der Waals surface area contributed by atoms with Crippen molar-refractivity contribution < 1.29 is 19.1 Å². The molecule has 1 aromatic heterocycles. The lowest BCUT2D eigenvalue weighted by Crippen LogP contribution is -2.45. The van der Waals surface area contributed by atoms with Gasteiger partial charge in [-0.05, 0) is 42.5 Å². The molecule has 0 saturated heterocycles. The van der Waals surface area contributed by atoms with Crippen molar-refractivity contribution in [1.82, 2.24) is 10.3 Å². The standard InChI is InChI=1S/C21H26N2O4S/c1-13-5-4-6-17(14(13)2)22-19(24)11-27-21(25)18-12-28-20(23-18)15-7-9-16(26-3)10-8-15/h7-10,12-14,17H,4-6,11H2,1-3H3,(H,22,24)/t13-,14-,17+/m1/s1. The smallest absolute Gasteiger partial charge is 0.358 e. The first kappa shape index (κ1) is 20.3. The van der Waals surface area contributed by atoms with Crippen molar-refractivity contribution in [2.45, 2.75) is 39.2 Å². The molecule has 1 aliphatic carbocycles. The van der Waals surface area contributed by atoms with Gasteiger partial charge in [-0.2, -0.15) is 0 Å². The van der Waals surface area contributed by atoms with Gasteiger partial charge in [0.15, 0.2) is 12.3 Å². The highest BCUT2D eigenvalue weighted by molar-refractivity contribution is 7.13. The number of hydrogen-bond donors (Lipinski definition) is 1. The lowest BCUT2D eigenvalue weighted by molar-refractivity contribution is -0.125. The molecule has 0 unspecified atom stereocenters. The van der Waals surface area contributed by atoms with Crippen LogP contribution in [0.15, 0.2) is 29.6 Å². The van der Waals surface area contributed by atoms with E-state index in [0.29, 0.717) is 16.8 Å². The highest BCUT2D eigenvalue weighted by atomic mass is 32.1. The van der Waals surface area contributed by atoms with E-state index in [1.165, 1.54) is 17.8 Å². The van der Waals surface area contributed by atoms with Crippen LogP contribution < -0.4 is 10.1 Å². The summed E-state index contributed by atoms with van der Waals surface area (Å²) in [5.41, 5.74) is 1.10. The molecule has 7 heteroatoms. The zero-order valence-corrected chi connectivity index (χ0v) is 17.3. The van der Waals surface area contributed by atoms with Crippen LogP contribution in [0.4, 0.5) is 0 Å². The van der Waals surface area contributed by atoms with Crippen molar-refractivity contribution in [3.8, 4) is 16.3 Å². The number of benzene rings is 1. The summed E-state index contributed by atoms with van der Waals surface area (Å²) in [6.07, 6.45) is 3.29. The molecule has 28 heavy (non-hydrogen) atoms. The molecule has 6 nitrogen and oxygen atoms in total. The summed E-state index contributed by atoms with van der Waals surface area (Å²) in [7, 11) is 1.61. The minimum absolute atomic E-state index is 0.149. The second-order valence-electron chi connectivity index (χ2n) is 7.28. The summed E-state index contributed by atoms with van der Waals surface area (Å²) in [6, 6.07) is 7.59. The molecule has 0 radical (unpaired) electrons. The molecule has 3 rings (SSSR count). The lowest BCUT2D eigenvalue weighted by Gasteiger charge is -2.34. The van der Waals surface area contributed by atoms with Crippen LogP contribution in [0.1, 0.15) is 43.6 Å². The maximum absolute atomic E-state index is 12.2. The molecule has 1 saturated carbocycles. The molecule has 1 heterocycles. The third kappa shape index (κ3) is 4.90. The Morgan fingerprint density at radius 1 is 1.21 bits per heavy atom. The Morgan fingerprint density at radius 2 is 1.96 bits per heavy atom. The van der Waals surface area contributed by atoms with Crippen LogP contribution in [-0.2, 0) is 9.53 Å². The summed E-state index contributed by atoms with van der Waals surface area (Å²) in [5.74, 6) is 0.931. The molecular weight excluding hydrogens is 376 g/mol. The van der Waals surface area contributed by atoms with Gasteiger partial charge in [0.1, 0.15) is 10.8 Å². The first-order valence-electron chi connectivity index (χ1n) is 9.54. The average Bonchev–Trinajstić information content (AvgIpc) is 3.20. The summed E-state index contributed by atoms with van der Waals surface area (Å²) in [6.45, 7) is 4.09. The van der Waals surface area contributed by atoms with Crippen LogP contribution in [-0.4, -0.2) is 36.6 Å². The quantitative estimate of drug-likeness (QED) is 0.741. The molecule has 1 N–H and O–H groups in total. The highest BCUT2D eigenvalue weighted by Gasteiger charge is 2.28. The van der Waals surface area contributed by atoms with Crippen LogP contribution in [0.25, 0.3) is 10.6 Å². The maximum atomic E-state index is 12.2. The number of aromatic nitrogens is 1. The molecule has 3 atom stereocenters. The van der Waals surface area contributed by atoms with Gasteiger partial charge < -0.3 is 14.8 Å². The molecule has 0 spiro atoms. The second-order valence-corrected chi connectivity index (χ2v) is 8.14. The van der Waals surface area contributed by atoms with Gasteiger partial charge in [-0.15, -0.1) is 11.3 Å². The molecule has 0 aliphatic heterocycles. The van der Waals surface area contributed by atoms with Crippen molar-refractivity contribution in [3.05, 3.63) is 35.3 Å². The number of thiazole rings is 1. The van der Waals surface area contributed by atoms with Crippen LogP contribution >= 0.6 is 11.3 Å². The largest absolute Gasteiger partial charge is 0.497 e. The summed E-state index contributed by atoms with van der Waals surface area (Å²) < 4.78 is 10.3. The van der Waals surface area contributed by atoms with E-state index in [2.05, 4.69) is 24.1 Å². The number of esters is 1. The number of carbonyl (C=O) groups excluding carboxylic acids is 2. The Morgan fingerprint density at radius 3 is 2.68 bits per heavy atom. The van der Waals surface area contributed by atoms with Crippen LogP contribution in [0.5, 0.6) is 5.75 Å². The van der Waals surface area contributed by atoms with Crippen molar-refractivity contribution in [2.75, 3.05) is 13.7 Å². The normalized spacial score (nSPS) is 21.8. The fraction of sp³-hybridized carbons (Fsp3) is 0.476. The SMILES string of the molecule is COc1ccc(-c2nc(C(=O)OCC(=O)N[C@H]3CCC[C@@H](C)[C@H]3C)cs2)cc1. The Labute approximate surface area is 169 Å². The Bertz CT molecular complexity index is 818. The molecule has 0 bridgehead atoms. The number of nitrogens with one attached hydrogen (secondary N) is 1. The first-order chi connectivity index (χ1) is 13.5. The van der Waals surface area contributed by atoms with Gasteiger partial charge >= 0.3 is 5.97 Å². The lowest BCUT2D eigenvalue weighted by atomic mass is 9.78. The number of carbonyl (C=O) groups is 2. The average molecular weight is 403 g/mol. The topological polar surface area (TPSA) is 77.5 Å². The predicted molar refractivity (Wildman–Crippen MR) is 108 cm³/mol. The van der Waals surface area contributed by atoms with Gasteiger partial charge in [-0.3, -0.25) is 4.79 Å². The summed E-state index contributed by atoms with van der Waals surface area (Å²) in [4.78, 5) is 28.7. The first-order valence-corrected chi connectivity index (χ1v) is 10.4. The van der Waals surface area contributed by atoms with Crippen LogP contribution in [0.2, 0.25) is 0 Å². The minimum Gasteiger partial charge on any atom is -0.497 e. The van der Waals surface area contributed by atoms with Crippen LogP contribution in [0.3, 0.4) is 0 Å². The third-order valence-corrected chi connectivity index (χ3v) is 6.33. The summed E-state index contributed by atoms with van der Waals surface area (Å²) in [5, 5.41) is 5.36. The highest BCUT2D eigenvalue weighted by Crippen LogP contribution is 2.29. The van der Waals surface area contributed by atoms with Gasteiger partial charge in [-0.1, -0.05) is 26.7 Å². The van der Waals surface area contributed by atoms with E-state index in [4.69, 9.17) is 9.47 Å². The van der Waals surface area contributed by atoms with Gasteiger partial charge in [0.25, 0.3) is 5.91 Å². The van der Waals surface area contributed by atoms with E-state index < -0.39 is 5.97 Å². The zero-order chi connectivity index (χ0) is 20.1. The fourth-order valence-corrected chi connectivity index (χ4v) is 4.27. The molecule has 2 aromatic rings. The monoisotopic (exact) mass is 402 g/mol. The van der Waals surface area contributed by atoms with Gasteiger partial charge in [0.05, 0.1) is 7.11 Å². The second kappa shape index (κ2) is 9.19. The van der Waals surface area contributed by atoms with Crippen molar-refractivity contribution in [2.24, 2.45) is 11.8 Å². The predicted octanol–water partition coefficient (Wildman–Crippen LogP) is 3.92. The zero-order valence-electron chi connectivity index (χ0n) is 16.4. The van der Waals surface area contributed by atoms with E-state index in [0.717, 1.165) is 24.2 Å². The van der Waals surface area contributed by atoms with E-state index in [1.807, 2.05) is 24.3 Å². The van der Waals surface area contributed by atoms with Gasteiger partial charge in [0.2, 0.25) is 0 Å². The van der Waals surface area contributed by atoms with E-state index in [-0.39, 0.29) is 24.2 Å². The molecule has 1 fully saturated rings. The number of rotatable bonds is 6. The fourth-order valence-electron chi connectivity index (χ4n) is 3.47. The number of methoxy groups -OCH3 is 1. The third-order valence-electron chi connectivity index (χ3n) is 5.44. The molecule has 150 valence electrons.